The largest absolute Gasteiger partial charge is 0.490 e. The van der Waals surface area contributed by atoms with Gasteiger partial charge >= 0.3 is 0 Å². The number of nitrogens with one attached hydrogen (secondary N) is 1. The van der Waals surface area contributed by atoms with Crippen molar-refractivity contribution in [3.8, 4) is 5.75 Å². The molecule has 0 radical (unpaired) electrons. The first-order valence-corrected chi connectivity index (χ1v) is 10.4. The molecule has 1 N–H and O–H groups in total. The first kappa shape index (κ1) is 21.6. The van der Waals surface area contributed by atoms with Gasteiger partial charge in [0.05, 0.1) is 24.8 Å². The summed E-state index contributed by atoms with van der Waals surface area (Å²) in [5.74, 6) is 0.218. The Morgan fingerprint density at radius 1 is 1.28 bits per heavy atom. The maximum atomic E-state index is 12.8. The molecule has 2 fully saturated rings. The summed E-state index contributed by atoms with van der Waals surface area (Å²) in [6.07, 6.45) is 0.252. The highest BCUT2D eigenvalue weighted by atomic mass is 16.5. The molecule has 1 aromatic rings. The van der Waals surface area contributed by atoms with Gasteiger partial charge in [0.15, 0.2) is 0 Å². The maximum absolute atomic E-state index is 12.8. The summed E-state index contributed by atoms with van der Waals surface area (Å²) in [5.41, 5.74) is 1.43. The van der Waals surface area contributed by atoms with E-state index in [0.29, 0.717) is 24.6 Å². The molecular formula is C22H33N3O4. The van der Waals surface area contributed by atoms with E-state index in [0.717, 1.165) is 38.4 Å². The lowest BCUT2D eigenvalue weighted by Gasteiger charge is -2.32. The molecule has 0 saturated carbocycles. The lowest BCUT2D eigenvalue weighted by molar-refractivity contribution is -0.131. The van der Waals surface area contributed by atoms with Crippen molar-refractivity contribution >= 4 is 17.5 Å². The van der Waals surface area contributed by atoms with Crippen LogP contribution in [0.1, 0.15) is 32.8 Å². The van der Waals surface area contributed by atoms with Crippen LogP contribution in [0.15, 0.2) is 18.2 Å². The van der Waals surface area contributed by atoms with E-state index in [2.05, 4.69) is 10.2 Å². The summed E-state index contributed by atoms with van der Waals surface area (Å²) in [6, 6.07) is 5.78. The molecule has 7 nitrogen and oxygen atoms in total. The van der Waals surface area contributed by atoms with Crippen LogP contribution < -0.4 is 10.1 Å². The average molecular weight is 404 g/mol. The average Bonchev–Trinajstić information content (AvgIpc) is 3.07. The molecule has 1 unspecified atom stereocenters. The summed E-state index contributed by atoms with van der Waals surface area (Å²) in [4.78, 5) is 29.3. The summed E-state index contributed by atoms with van der Waals surface area (Å²) < 4.78 is 11.3. The Hall–Kier alpha value is -2.12. The molecule has 1 atom stereocenters. The van der Waals surface area contributed by atoms with E-state index in [1.807, 2.05) is 45.9 Å². The second-order valence-electron chi connectivity index (χ2n) is 8.87. The fourth-order valence-electron chi connectivity index (χ4n) is 3.74. The molecule has 160 valence electrons. The molecule has 7 heteroatoms. The number of amides is 2. The van der Waals surface area contributed by atoms with Crippen molar-refractivity contribution in [1.82, 2.24) is 9.80 Å². The summed E-state index contributed by atoms with van der Waals surface area (Å²) in [7, 11) is 0. The van der Waals surface area contributed by atoms with Crippen molar-refractivity contribution in [2.24, 2.45) is 5.92 Å². The minimum Gasteiger partial charge on any atom is -0.490 e. The van der Waals surface area contributed by atoms with E-state index in [1.165, 1.54) is 0 Å². The van der Waals surface area contributed by atoms with E-state index in [1.54, 1.807) is 4.90 Å². The standard InChI is InChI=1S/C22H33N3O4/c1-16-5-6-19(29-12-9-24-7-10-28-11-8-24)18(13-16)23-21(27)17-14-20(26)25(15-17)22(2,3)4/h5-6,13,17H,7-12,14-15H2,1-4H3,(H,23,27). The Morgan fingerprint density at radius 3 is 2.66 bits per heavy atom. The number of hydrogen-bond acceptors (Lipinski definition) is 5. The predicted molar refractivity (Wildman–Crippen MR) is 112 cm³/mol. The van der Waals surface area contributed by atoms with Gasteiger partial charge in [-0.1, -0.05) is 6.07 Å². The number of rotatable bonds is 6. The predicted octanol–water partition coefficient (Wildman–Crippen LogP) is 2.29. The van der Waals surface area contributed by atoms with Crippen molar-refractivity contribution in [1.29, 1.82) is 0 Å². The third-order valence-electron chi connectivity index (χ3n) is 5.47. The van der Waals surface area contributed by atoms with Gasteiger partial charge in [-0.2, -0.15) is 0 Å². The molecule has 2 amide bonds. The lowest BCUT2D eigenvalue weighted by Crippen LogP contribution is -2.42. The number of benzene rings is 1. The fourth-order valence-corrected chi connectivity index (χ4v) is 3.74. The number of nitrogens with zero attached hydrogens (tertiary/aromatic N) is 2. The maximum Gasteiger partial charge on any atom is 0.229 e. The number of aryl methyl sites for hydroxylation is 1. The van der Waals surface area contributed by atoms with Gasteiger partial charge in [0.25, 0.3) is 0 Å². The quantitative estimate of drug-likeness (QED) is 0.789. The topological polar surface area (TPSA) is 71.1 Å². The van der Waals surface area contributed by atoms with Crippen LogP contribution in [0.25, 0.3) is 0 Å². The molecule has 0 aromatic heterocycles. The van der Waals surface area contributed by atoms with Crippen LogP contribution >= 0.6 is 0 Å². The zero-order chi connectivity index (χ0) is 21.0. The monoisotopic (exact) mass is 403 g/mol. The van der Waals surface area contributed by atoms with Crippen LogP contribution in [-0.4, -0.2) is 73.2 Å². The third kappa shape index (κ3) is 5.70. The molecule has 2 aliphatic heterocycles. The highest BCUT2D eigenvalue weighted by Crippen LogP contribution is 2.30. The van der Waals surface area contributed by atoms with E-state index >= 15 is 0 Å². The minimum atomic E-state index is -0.344. The molecule has 3 rings (SSSR count). The Balaban J connectivity index is 1.60. The van der Waals surface area contributed by atoms with Crippen LogP contribution in [0.3, 0.4) is 0 Å². The lowest BCUT2D eigenvalue weighted by atomic mass is 10.1. The van der Waals surface area contributed by atoms with Gasteiger partial charge in [-0.15, -0.1) is 0 Å². The highest BCUT2D eigenvalue weighted by Gasteiger charge is 2.39. The summed E-state index contributed by atoms with van der Waals surface area (Å²) in [6.45, 7) is 13.1. The molecule has 2 aliphatic rings. The third-order valence-corrected chi connectivity index (χ3v) is 5.47. The van der Waals surface area contributed by atoms with Gasteiger partial charge in [-0.3, -0.25) is 14.5 Å². The van der Waals surface area contributed by atoms with Crippen molar-refractivity contribution in [3.63, 3.8) is 0 Å². The van der Waals surface area contributed by atoms with Gasteiger partial charge in [-0.05, 0) is 45.4 Å². The Morgan fingerprint density at radius 2 is 2.00 bits per heavy atom. The molecule has 0 spiro atoms. The normalized spacial score (nSPS) is 20.8. The van der Waals surface area contributed by atoms with Gasteiger partial charge in [0, 0.05) is 38.1 Å². The Kier molecular flexibility index (Phi) is 6.80. The van der Waals surface area contributed by atoms with E-state index in [9.17, 15) is 9.59 Å². The second kappa shape index (κ2) is 9.13. The van der Waals surface area contributed by atoms with Gasteiger partial charge in [0.1, 0.15) is 12.4 Å². The molecule has 2 saturated heterocycles. The number of morpholine rings is 1. The first-order valence-electron chi connectivity index (χ1n) is 10.4. The van der Waals surface area contributed by atoms with Crippen molar-refractivity contribution < 1.29 is 19.1 Å². The number of carbonyl (C=O) groups is 2. The SMILES string of the molecule is Cc1ccc(OCCN2CCOCC2)c(NC(=O)C2CC(=O)N(C(C)(C)C)C2)c1. The number of likely N-dealkylation sites (tertiary alicyclic amines) is 1. The molecule has 29 heavy (non-hydrogen) atoms. The van der Waals surface area contributed by atoms with E-state index < -0.39 is 0 Å². The molecule has 1 aromatic carbocycles. The van der Waals surface area contributed by atoms with Crippen LogP contribution in [0.2, 0.25) is 0 Å². The van der Waals surface area contributed by atoms with E-state index in [-0.39, 0.29) is 29.7 Å². The van der Waals surface area contributed by atoms with E-state index in [4.69, 9.17) is 9.47 Å². The number of hydrogen-bond donors (Lipinski definition) is 1. The van der Waals surface area contributed by atoms with Gasteiger partial charge in [0.2, 0.25) is 11.8 Å². The van der Waals surface area contributed by atoms with Crippen LogP contribution in [0, 0.1) is 12.8 Å². The van der Waals surface area contributed by atoms with Gasteiger partial charge in [-0.25, -0.2) is 0 Å². The zero-order valence-electron chi connectivity index (χ0n) is 18.0. The van der Waals surface area contributed by atoms with Gasteiger partial charge < -0.3 is 19.7 Å². The Bertz CT molecular complexity index is 738. The highest BCUT2D eigenvalue weighted by molar-refractivity contribution is 5.98. The number of ether oxygens (including phenoxy) is 2. The number of anilines is 1. The first-order chi connectivity index (χ1) is 13.7. The zero-order valence-corrected chi connectivity index (χ0v) is 18.0. The van der Waals surface area contributed by atoms with Crippen molar-refractivity contribution in [2.75, 3.05) is 51.3 Å². The Labute approximate surface area is 173 Å². The second-order valence-corrected chi connectivity index (χ2v) is 8.87. The molecular weight excluding hydrogens is 370 g/mol. The molecule has 0 aliphatic carbocycles. The molecule has 2 heterocycles. The molecule has 0 bridgehead atoms. The minimum absolute atomic E-state index is 0.0314. The van der Waals surface area contributed by atoms with Crippen molar-refractivity contribution in [3.05, 3.63) is 23.8 Å². The smallest absolute Gasteiger partial charge is 0.229 e. The summed E-state index contributed by atoms with van der Waals surface area (Å²) in [5, 5.41) is 3.00. The van der Waals surface area contributed by atoms with Crippen LogP contribution in [0.4, 0.5) is 5.69 Å². The van der Waals surface area contributed by atoms with Crippen LogP contribution in [0.5, 0.6) is 5.75 Å². The number of carbonyl (C=O) groups excluding carboxylic acids is 2. The fraction of sp³-hybridized carbons (Fsp3) is 0.636. The summed E-state index contributed by atoms with van der Waals surface area (Å²) >= 11 is 0. The van der Waals surface area contributed by atoms with Crippen molar-refractivity contribution in [2.45, 2.75) is 39.7 Å². The van der Waals surface area contributed by atoms with Crippen LogP contribution in [-0.2, 0) is 14.3 Å².